The minimum atomic E-state index is -3.38. The van der Waals surface area contributed by atoms with Crippen molar-refractivity contribution in [2.24, 2.45) is 0 Å². The minimum Gasteiger partial charge on any atom is -0.345 e. The van der Waals surface area contributed by atoms with Crippen LogP contribution in [0.4, 0.5) is 5.69 Å². The highest BCUT2D eigenvalue weighted by atomic mass is 32.2. The number of amides is 1. The first-order chi connectivity index (χ1) is 12.5. The molecule has 0 aliphatic rings. The summed E-state index contributed by atoms with van der Waals surface area (Å²) in [5, 5.41) is 2.90. The van der Waals surface area contributed by atoms with Gasteiger partial charge in [-0.1, -0.05) is 19.1 Å². The fraction of sp³-hybridized carbons (Fsp3) is 0.278. The van der Waals surface area contributed by atoms with E-state index in [-0.39, 0.29) is 16.8 Å². The van der Waals surface area contributed by atoms with Crippen molar-refractivity contribution in [2.45, 2.75) is 24.3 Å². The van der Waals surface area contributed by atoms with E-state index in [1.807, 2.05) is 6.92 Å². The summed E-state index contributed by atoms with van der Waals surface area (Å²) in [6.07, 6.45) is 2.82. The molecular formula is C18H22N2O5S2. The van der Waals surface area contributed by atoms with Crippen molar-refractivity contribution in [2.75, 3.05) is 17.2 Å². The smallest absolute Gasteiger partial charge is 0.251 e. The van der Waals surface area contributed by atoms with Crippen molar-refractivity contribution in [1.29, 1.82) is 0 Å². The highest BCUT2D eigenvalue weighted by Crippen LogP contribution is 2.20. The lowest BCUT2D eigenvalue weighted by molar-refractivity contribution is 0.0935. The molecule has 0 aromatic heterocycles. The molecule has 1 amide bonds. The van der Waals surface area contributed by atoms with E-state index in [0.717, 1.165) is 18.1 Å². The number of carbonyl (C=O) groups is 1. The van der Waals surface area contributed by atoms with Crippen LogP contribution in [0.1, 0.15) is 35.3 Å². The molecule has 2 aromatic rings. The van der Waals surface area contributed by atoms with E-state index < -0.39 is 19.9 Å². The molecule has 146 valence electrons. The van der Waals surface area contributed by atoms with Crippen molar-refractivity contribution < 1.29 is 21.6 Å². The monoisotopic (exact) mass is 410 g/mol. The Morgan fingerprint density at radius 1 is 0.926 bits per heavy atom. The normalized spacial score (nSPS) is 13.0. The van der Waals surface area contributed by atoms with E-state index >= 15 is 0 Å². The van der Waals surface area contributed by atoms with E-state index in [1.165, 1.54) is 36.4 Å². The molecule has 27 heavy (non-hydrogen) atoms. The summed E-state index contributed by atoms with van der Waals surface area (Å²) in [7, 11) is -6.65. The number of nitrogens with one attached hydrogen (secondary N) is 2. The van der Waals surface area contributed by atoms with Gasteiger partial charge < -0.3 is 5.32 Å². The van der Waals surface area contributed by atoms with Gasteiger partial charge in [-0.25, -0.2) is 16.8 Å². The predicted octanol–water partition coefficient (Wildman–Crippen LogP) is 2.34. The first kappa shape index (κ1) is 20.9. The fourth-order valence-electron chi connectivity index (χ4n) is 2.51. The van der Waals surface area contributed by atoms with Crippen molar-refractivity contribution in [1.82, 2.24) is 5.32 Å². The standard InChI is InChI=1S/C18H22N2O5S2/c1-4-17(13-7-11-16(12-8-13)26(2,22)23)19-18(21)14-5-9-15(10-6-14)20-27(3,24)25/h5-12,17,20H,4H2,1-3H3,(H,19,21)/t17-/m1/s1. The van der Waals surface area contributed by atoms with Gasteiger partial charge >= 0.3 is 0 Å². The topological polar surface area (TPSA) is 109 Å². The van der Waals surface area contributed by atoms with Crippen LogP contribution in [0.5, 0.6) is 0 Å². The molecule has 0 unspecified atom stereocenters. The zero-order valence-electron chi connectivity index (χ0n) is 15.3. The van der Waals surface area contributed by atoms with Crippen molar-refractivity contribution in [3.8, 4) is 0 Å². The van der Waals surface area contributed by atoms with Crippen LogP contribution < -0.4 is 10.0 Å². The minimum absolute atomic E-state index is 0.224. The van der Waals surface area contributed by atoms with Gasteiger partial charge in [-0.2, -0.15) is 0 Å². The van der Waals surface area contributed by atoms with Crippen LogP contribution in [0.3, 0.4) is 0 Å². The molecule has 9 heteroatoms. The second-order valence-corrected chi connectivity index (χ2v) is 9.99. The Labute approximate surface area is 159 Å². The van der Waals surface area contributed by atoms with Gasteiger partial charge in [0, 0.05) is 17.5 Å². The van der Waals surface area contributed by atoms with Crippen LogP contribution in [0.25, 0.3) is 0 Å². The van der Waals surface area contributed by atoms with Gasteiger partial charge in [0.15, 0.2) is 9.84 Å². The van der Waals surface area contributed by atoms with E-state index in [2.05, 4.69) is 10.0 Å². The van der Waals surface area contributed by atoms with Crippen LogP contribution in [0.2, 0.25) is 0 Å². The van der Waals surface area contributed by atoms with E-state index in [9.17, 15) is 21.6 Å². The molecule has 1 atom stereocenters. The van der Waals surface area contributed by atoms with Gasteiger partial charge in [-0.15, -0.1) is 0 Å². The number of hydrogen-bond donors (Lipinski definition) is 2. The molecule has 0 heterocycles. The Hall–Kier alpha value is -2.39. The third kappa shape index (κ3) is 6.07. The summed E-state index contributed by atoms with van der Waals surface area (Å²) < 4.78 is 47.9. The average molecular weight is 411 g/mol. The van der Waals surface area contributed by atoms with E-state index in [0.29, 0.717) is 17.7 Å². The molecule has 0 radical (unpaired) electrons. The number of anilines is 1. The molecular weight excluding hydrogens is 388 g/mol. The first-order valence-electron chi connectivity index (χ1n) is 8.18. The summed E-state index contributed by atoms with van der Waals surface area (Å²) in [4.78, 5) is 12.7. The van der Waals surface area contributed by atoms with Crippen LogP contribution in [-0.4, -0.2) is 35.3 Å². The Bertz CT molecular complexity index is 1010. The van der Waals surface area contributed by atoms with Crippen molar-refractivity contribution in [3.63, 3.8) is 0 Å². The molecule has 7 nitrogen and oxygen atoms in total. The van der Waals surface area contributed by atoms with Crippen molar-refractivity contribution in [3.05, 3.63) is 59.7 Å². The number of benzene rings is 2. The maximum atomic E-state index is 12.5. The van der Waals surface area contributed by atoms with E-state index in [4.69, 9.17) is 0 Å². The van der Waals surface area contributed by atoms with Crippen LogP contribution >= 0.6 is 0 Å². The number of hydrogen-bond acceptors (Lipinski definition) is 5. The molecule has 0 spiro atoms. The molecule has 0 bridgehead atoms. The maximum Gasteiger partial charge on any atom is 0.251 e. The first-order valence-corrected chi connectivity index (χ1v) is 12.0. The largest absolute Gasteiger partial charge is 0.345 e. The third-order valence-corrected chi connectivity index (χ3v) is 5.61. The number of sulfonamides is 1. The van der Waals surface area contributed by atoms with Gasteiger partial charge in [-0.3, -0.25) is 9.52 Å². The van der Waals surface area contributed by atoms with Crippen LogP contribution in [-0.2, 0) is 19.9 Å². The Morgan fingerprint density at radius 2 is 1.48 bits per heavy atom. The summed E-state index contributed by atoms with van der Waals surface area (Å²) in [5.41, 5.74) is 1.56. The van der Waals surface area contributed by atoms with Gasteiger partial charge in [0.05, 0.1) is 17.2 Å². The van der Waals surface area contributed by atoms with Crippen molar-refractivity contribution >= 4 is 31.5 Å². The lowest BCUT2D eigenvalue weighted by Gasteiger charge is -2.18. The molecule has 0 aliphatic carbocycles. The SMILES string of the molecule is CC[C@@H](NC(=O)c1ccc(NS(C)(=O)=O)cc1)c1ccc(S(C)(=O)=O)cc1. The number of sulfone groups is 1. The number of rotatable bonds is 7. The Kier molecular flexibility index (Phi) is 6.27. The highest BCUT2D eigenvalue weighted by molar-refractivity contribution is 7.92. The van der Waals surface area contributed by atoms with Gasteiger partial charge in [0.2, 0.25) is 10.0 Å². The molecule has 0 saturated heterocycles. The van der Waals surface area contributed by atoms with Crippen LogP contribution in [0, 0.1) is 0 Å². The molecule has 2 N–H and O–H groups in total. The second-order valence-electron chi connectivity index (χ2n) is 6.23. The summed E-state index contributed by atoms with van der Waals surface area (Å²) >= 11 is 0. The molecule has 2 rings (SSSR count). The third-order valence-electron chi connectivity index (χ3n) is 3.87. The average Bonchev–Trinajstić information content (AvgIpc) is 2.58. The van der Waals surface area contributed by atoms with E-state index in [1.54, 1.807) is 12.1 Å². The molecule has 0 fully saturated rings. The maximum absolute atomic E-state index is 12.5. The summed E-state index contributed by atoms with van der Waals surface area (Å²) in [6, 6.07) is 12.2. The van der Waals surface area contributed by atoms with Gasteiger partial charge in [0.25, 0.3) is 5.91 Å². The Morgan fingerprint density at radius 3 is 1.93 bits per heavy atom. The zero-order valence-corrected chi connectivity index (χ0v) is 16.9. The number of carbonyl (C=O) groups excluding carboxylic acids is 1. The summed E-state index contributed by atoms with van der Waals surface area (Å²) in [6.45, 7) is 1.91. The highest BCUT2D eigenvalue weighted by Gasteiger charge is 2.15. The molecule has 0 saturated carbocycles. The quantitative estimate of drug-likeness (QED) is 0.728. The lowest BCUT2D eigenvalue weighted by Crippen LogP contribution is -2.28. The van der Waals surface area contributed by atoms with Gasteiger partial charge in [-0.05, 0) is 48.4 Å². The van der Waals surface area contributed by atoms with Crippen LogP contribution in [0.15, 0.2) is 53.4 Å². The molecule has 2 aromatic carbocycles. The zero-order chi connectivity index (χ0) is 20.2. The predicted molar refractivity (Wildman–Crippen MR) is 105 cm³/mol. The Balaban J connectivity index is 2.12. The lowest BCUT2D eigenvalue weighted by atomic mass is 10.0. The van der Waals surface area contributed by atoms with Gasteiger partial charge in [0.1, 0.15) is 0 Å². The molecule has 0 aliphatic heterocycles. The summed E-state index contributed by atoms with van der Waals surface area (Å²) in [5.74, 6) is -0.306. The fourth-order valence-corrected chi connectivity index (χ4v) is 3.71. The second kappa shape index (κ2) is 8.10.